The van der Waals surface area contributed by atoms with Crippen molar-refractivity contribution in [3.05, 3.63) is 99.0 Å². The Kier molecular flexibility index (Phi) is 7.75. The predicted molar refractivity (Wildman–Crippen MR) is 133 cm³/mol. The number of alkyl halides is 3. The van der Waals surface area contributed by atoms with Gasteiger partial charge < -0.3 is 4.74 Å². The van der Waals surface area contributed by atoms with Crippen molar-refractivity contribution in [2.45, 2.75) is 37.6 Å². The van der Waals surface area contributed by atoms with Crippen LogP contribution in [0.25, 0.3) is 0 Å². The van der Waals surface area contributed by atoms with E-state index >= 15 is 4.39 Å². The lowest BCUT2D eigenvalue weighted by Gasteiger charge is -2.37. The Hall–Kier alpha value is -3.50. The minimum Gasteiger partial charge on any atom is -0.452 e. The van der Waals surface area contributed by atoms with Gasteiger partial charge in [0, 0.05) is 35.2 Å². The topological polar surface area (TPSA) is 80.6 Å². The highest BCUT2D eigenvalue weighted by Crippen LogP contribution is 2.41. The fourth-order valence-electron chi connectivity index (χ4n) is 3.93. The largest absolute Gasteiger partial charge is 0.452 e. The molecule has 0 radical (unpaired) electrons. The summed E-state index contributed by atoms with van der Waals surface area (Å²) in [7, 11) is 0. The van der Waals surface area contributed by atoms with Gasteiger partial charge in [0.1, 0.15) is 11.5 Å². The average Bonchev–Trinajstić information content (AvgIpc) is 2.85. The van der Waals surface area contributed by atoms with Crippen LogP contribution in [0.2, 0.25) is 10.0 Å². The molecule has 1 aliphatic rings. The summed E-state index contributed by atoms with van der Waals surface area (Å²) < 4.78 is 61.3. The minimum absolute atomic E-state index is 0.0963. The highest BCUT2D eigenvalue weighted by atomic mass is 35.5. The van der Waals surface area contributed by atoms with E-state index in [2.05, 4.69) is 15.3 Å². The fraction of sp³-hybridized carbons (Fsp3) is 0.231. The number of hydrogen-bond donors (Lipinski definition) is 1. The van der Waals surface area contributed by atoms with Crippen LogP contribution in [0.15, 0.2) is 65.8 Å². The summed E-state index contributed by atoms with van der Waals surface area (Å²) in [6.07, 6.45) is -6.86. The van der Waals surface area contributed by atoms with Gasteiger partial charge in [-0.1, -0.05) is 29.3 Å². The van der Waals surface area contributed by atoms with Gasteiger partial charge >= 0.3 is 6.18 Å². The van der Waals surface area contributed by atoms with E-state index in [-0.39, 0.29) is 23.2 Å². The Morgan fingerprint density at radius 2 is 1.76 bits per heavy atom. The van der Waals surface area contributed by atoms with Crippen LogP contribution in [0.4, 0.5) is 17.6 Å². The first-order chi connectivity index (χ1) is 17.8. The van der Waals surface area contributed by atoms with Crippen LogP contribution in [0.5, 0.6) is 0 Å². The van der Waals surface area contributed by atoms with E-state index in [4.69, 9.17) is 27.9 Å². The number of benzene rings is 2. The van der Waals surface area contributed by atoms with E-state index < -0.39 is 47.8 Å². The second kappa shape index (κ2) is 10.7. The van der Waals surface area contributed by atoms with Crippen LogP contribution in [-0.4, -0.2) is 35.0 Å². The number of hydrogen-bond acceptors (Lipinski definition) is 5. The molecule has 3 aromatic rings. The monoisotopic (exact) mass is 567 g/mol. The number of aromatic nitrogens is 1. The molecule has 0 fully saturated rings. The number of ketones is 1. The third-order valence-electron chi connectivity index (χ3n) is 5.87. The molecule has 1 amide bonds. The van der Waals surface area contributed by atoms with Crippen LogP contribution < -0.4 is 5.32 Å². The minimum atomic E-state index is -4.84. The number of aliphatic imine (C=N–C) groups is 1. The number of amidine groups is 1. The van der Waals surface area contributed by atoms with Crippen molar-refractivity contribution in [3.8, 4) is 0 Å². The molecule has 4 rings (SSSR count). The van der Waals surface area contributed by atoms with Crippen LogP contribution in [-0.2, 0) is 16.7 Å². The summed E-state index contributed by atoms with van der Waals surface area (Å²) >= 11 is 11.6. The normalized spacial score (nSPS) is 19.3. The maximum Gasteiger partial charge on any atom is 0.425 e. The third kappa shape index (κ3) is 6.31. The first-order valence-corrected chi connectivity index (χ1v) is 11.9. The number of Topliss-reactive ketones (excluding diaryl/α,β-unsaturated/α-hetero) is 1. The molecular formula is C26H19Cl2F4N3O3. The molecule has 2 aromatic carbocycles. The van der Waals surface area contributed by atoms with Crippen molar-refractivity contribution >= 4 is 40.9 Å². The van der Waals surface area contributed by atoms with Gasteiger partial charge in [0.05, 0.1) is 10.6 Å². The van der Waals surface area contributed by atoms with E-state index in [9.17, 15) is 22.8 Å². The standard InChI is InChI=1S/C26H19Cl2F4N3O3/c1-25(18-10-14(2-8-19(18)29)11-21(36)20-9-7-17(28)13-33-20)12-22(26(30,31)32)38-24(35-25)34-23(37)15-3-5-16(27)6-4-15/h2-10,13,22H,11-12H2,1H3,(H,34,35,37)/t22-,25-/m0/s1. The summed E-state index contributed by atoms with van der Waals surface area (Å²) in [5.41, 5.74) is -1.43. The highest BCUT2D eigenvalue weighted by Gasteiger charge is 2.50. The molecule has 1 aromatic heterocycles. The van der Waals surface area contributed by atoms with Crippen molar-refractivity contribution in [3.63, 3.8) is 0 Å². The lowest BCUT2D eigenvalue weighted by Crippen LogP contribution is -2.48. The molecule has 2 heterocycles. The Labute approximate surface area is 224 Å². The van der Waals surface area contributed by atoms with Gasteiger partial charge in [0.2, 0.25) is 0 Å². The lowest BCUT2D eigenvalue weighted by atomic mass is 9.84. The number of halogens is 6. The molecule has 0 aliphatic carbocycles. The number of nitrogens with zero attached hydrogens (tertiary/aromatic N) is 2. The molecule has 1 aliphatic heterocycles. The summed E-state index contributed by atoms with van der Waals surface area (Å²) in [4.78, 5) is 33.4. The van der Waals surface area contributed by atoms with Crippen molar-refractivity contribution < 1.29 is 31.9 Å². The summed E-state index contributed by atoms with van der Waals surface area (Å²) in [6, 6.07) is 11.5. The van der Waals surface area contributed by atoms with Gasteiger partial charge in [0.25, 0.3) is 11.9 Å². The van der Waals surface area contributed by atoms with Gasteiger partial charge in [-0.15, -0.1) is 0 Å². The van der Waals surface area contributed by atoms with Crippen molar-refractivity contribution in [2.75, 3.05) is 0 Å². The maximum atomic E-state index is 15.0. The molecule has 38 heavy (non-hydrogen) atoms. The Morgan fingerprint density at radius 1 is 1.08 bits per heavy atom. The van der Waals surface area contributed by atoms with Crippen LogP contribution in [0.1, 0.15) is 45.3 Å². The fourth-order valence-corrected chi connectivity index (χ4v) is 4.16. The van der Waals surface area contributed by atoms with E-state index in [0.717, 1.165) is 6.07 Å². The van der Waals surface area contributed by atoms with Crippen molar-refractivity contribution in [2.24, 2.45) is 4.99 Å². The first kappa shape index (κ1) is 27.5. The van der Waals surface area contributed by atoms with Crippen molar-refractivity contribution in [1.82, 2.24) is 10.3 Å². The summed E-state index contributed by atoms with van der Waals surface area (Å²) in [6.45, 7) is 1.30. The van der Waals surface area contributed by atoms with Crippen LogP contribution in [0.3, 0.4) is 0 Å². The number of carbonyl (C=O) groups excluding carboxylic acids is 2. The highest BCUT2D eigenvalue weighted by molar-refractivity contribution is 6.30. The lowest BCUT2D eigenvalue weighted by molar-refractivity contribution is -0.208. The zero-order valence-corrected chi connectivity index (χ0v) is 21.2. The van der Waals surface area contributed by atoms with Crippen molar-refractivity contribution in [1.29, 1.82) is 0 Å². The smallest absolute Gasteiger partial charge is 0.425 e. The molecule has 0 unspecified atom stereocenters. The van der Waals surface area contributed by atoms with E-state index in [1.165, 1.54) is 61.7 Å². The van der Waals surface area contributed by atoms with E-state index in [1.807, 2.05) is 0 Å². The van der Waals surface area contributed by atoms with Gasteiger partial charge in [-0.05, 0) is 61.0 Å². The molecule has 12 heteroatoms. The number of amides is 1. The van der Waals surface area contributed by atoms with Gasteiger partial charge in [-0.3, -0.25) is 19.9 Å². The predicted octanol–water partition coefficient (Wildman–Crippen LogP) is 6.31. The molecule has 198 valence electrons. The number of carbonyl (C=O) groups is 2. The van der Waals surface area contributed by atoms with Gasteiger partial charge in [-0.2, -0.15) is 13.2 Å². The second-order valence-electron chi connectivity index (χ2n) is 8.78. The van der Waals surface area contributed by atoms with E-state index in [1.54, 1.807) is 0 Å². The molecule has 0 spiro atoms. The van der Waals surface area contributed by atoms with Gasteiger partial charge in [0.15, 0.2) is 11.9 Å². The molecule has 0 bridgehead atoms. The molecule has 2 atom stereocenters. The quantitative estimate of drug-likeness (QED) is 0.289. The number of ether oxygens (including phenoxy) is 1. The van der Waals surface area contributed by atoms with Crippen LogP contribution in [0, 0.1) is 5.82 Å². The molecule has 6 nitrogen and oxygen atoms in total. The summed E-state index contributed by atoms with van der Waals surface area (Å²) in [5.74, 6) is -2.02. The number of nitrogens with one attached hydrogen (secondary N) is 1. The molecule has 0 saturated heterocycles. The summed E-state index contributed by atoms with van der Waals surface area (Å²) in [5, 5.41) is 2.93. The SMILES string of the molecule is C[C@@]1(c2cc(CC(=O)c3ccc(Cl)cn3)ccc2F)C[C@@H](C(F)(F)F)OC(NC(=O)c2ccc(Cl)cc2)=N1. The maximum absolute atomic E-state index is 15.0. The number of pyridine rings is 1. The van der Waals surface area contributed by atoms with E-state index in [0.29, 0.717) is 15.6 Å². The van der Waals surface area contributed by atoms with Gasteiger partial charge in [-0.25, -0.2) is 9.38 Å². The Morgan fingerprint density at radius 3 is 2.39 bits per heavy atom. The van der Waals surface area contributed by atoms with Crippen LogP contribution >= 0.6 is 23.2 Å². The Bertz CT molecular complexity index is 1400. The first-order valence-electron chi connectivity index (χ1n) is 11.2. The molecule has 0 saturated carbocycles. The zero-order valence-electron chi connectivity index (χ0n) is 19.7. The third-order valence-corrected chi connectivity index (χ3v) is 6.34. The Balaban J connectivity index is 1.66. The molecule has 1 N–H and O–H groups in total. The zero-order chi connectivity index (χ0) is 27.7. The number of rotatable bonds is 5. The molecular weight excluding hydrogens is 549 g/mol. The average molecular weight is 568 g/mol. The second-order valence-corrected chi connectivity index (χ2v) is 9.65.